The van der Waals surface area contributed by atoms with Gasteiger partial charge in [-0.05, 0) is 33.1 Å². The molecule has 1 fully saturated rings. The van der Waals surface area contributed by atoms with Gasteiger partial charge in [0.05, 0.1) is 4.99 Å². The van der Waals surface area contributed by atoms with E-state index in [-0.39, 0.29) is 0 Å². The lowest BCUT2D eigenvalue weighted by Crippen LogP contribution is -2.47. The molecular formula is C10H21NS. The third-order valence-corrected chi connectivity index (χ3v) is 2.94. The second-order valence-corrected chi connectivity index (χ2v) is 4.09. The zero-order chi connectivity index (χ0) is 9.78. The van der Waals surface area contributed by atoms with Gasteiger partial charge in [0.25, 0.3) is 0 Å². The first-order valence-corrected chi connectivity index (χ1v) is 5.21. The van der Waals surface area contributed by atoms with Gasteiger partial charge in [0.2, 0.25) is 0 Å². The zero-order valence-electron chi connectivity index (χ0n) is 8.98. The van der Waals surface area contributed by atoms with Crippen LogP contribution in [0.3, 0.4) is 0 Å². The van der Waals surface area contributed by atoms with Crippen LogP contribution in [-0.4, -0.2) is 22.5 Å². The van der Waals surface area contributed by atoms with Crippen LogP contribution in [-0.2, 0) is 0 Å². The van der Waals surface area contributed by atoms with Crippen LogP contribution < -0.4 is 0 Å². The Morgan fingerprint density at radius 1 is 1.33 bits per heavy atom. The van der Waals surface area contributed by atoms with Gasteiger partial charge in [-0.15, -0.1) is 0 Å². The molecule has 0 aromatic heterocycles. The van der Waals surface area contributed by atoms with Crippen molar-refractivity contribution < 1.29 is 0 Å². The Morgan fingerprint density at radius 3 is 2.17 bits per heavy atom. The Morgan fingerprint density at radius 2 is 1.83 bits per heavy atom. The van der Waals surface area contributed by atoms with Crippen molar-refractivity contribution >= 4 is 17.2 Å². The van der Waals surface area contributed by atoms with Gasteiger partial charge >= 0.3 is 0 Å². The highest BCUT2D eigenvalue weighted by atomic mass is 32.1. The fourth-order valence-electron chi connectivity index (χ4n) is 1.35. The van der Waals surface area contributed by atoms with E-state index < -0.39 is 0 Å². The molecule has 1 nitrogen and oxygen atoms in total. The molecule has 72 valence electrons. The Labute approximate surface area is 82.1 Å². The molecule has 0 atom stereocenters. The molecule has 1 aliphatic heterocycles. The Kier molecular flexibility index (Phi) is 4.76. The van der Waals surface area contributed by atoms with E-state index in [9.17, 15) is 0 Å². The van der Waals surface area contributed by atoms with E-state index in [1.165, 1.54) is 12.8 Å². The number of likely N-dealkylation sites (tertiary alicyclic amines) is 1. The van der Waals surface area contributed by atoms with E-state index in [0.29, 0.717) is 5.54 Å². The first kappa shape index (κ1) is 11.9. The quantitative estimate of drug-likeness (QED) is 0.536. The maximum atomic E-state index is 5.20. The molecule has 1 saturated heterocycles. The van der Waals surface area contributed by atoms with Crippen LogP contribution >= 0.6 is 12.2 Å². The van der Waals surface area contributed by atoms with Crippen molar-refractivity contribution in [1.82, 2.24) is 4.90 Å². The summed E-state index contributed by atoms with van der Waals surface area (Å²) < 4.78 is 0. The molecule has 0 spiro atoms. The van der Waals surface area contributed by atoms with Crippen LogP contribution in [0.2, 0.25) is 0 Å². The Balaban J connectivity index is 0.000000561. The molecule has 0 radical (unpaired) electrons. The lowest BCUT2D eigenvalue weighted by Gasteiger charge is -2.41. The lowest BCUT2D eigenvalue weighted by molar-refractivity contribution is 0.213. The summed E-state index contributed by atoms with van der Waals surface area (Å²) in [6, 6.07) is 0. The number of hydrogen-bond acceptors (Lipinski definition) is 1. The van der Waals surface area contributed by atoms with Gasteiger partial charge in [-0.3, -0.25) is 0 Å². The van der Waals surface area contributed by atoms with Crippen LogP contribution in [0.1, 0.15) is 47.0 Å². The molecule has 1 aliphatic rings. The fourth-order valence-corrected chi connectivity index (χ4v) is 1.74. The van der Waals surface area contributed by atoms with Crippen molar-refractivity contribution in [1.29, 1.82) is 0 Å². The highest BCUT2D eigenvalue weighted by Crippen LogP contribution is 2.26. The summed E-state index contributed by atoms with van der Waals surface area (Å²) >= 11 is 5.20. The first-order valence-electron chi connectivity index (χ1n) is 4.81. The molecule has 0 aromatic rings. The van der Waals surface area contributed by atoms with Gasteiger partial charge in [0.1, 0.15) is 0 Å². The maximum absolute atomic E-state index is 5.20. The SMILES string of the molecule is CC.CN1C(=S)CCCC1(C)C. The van der Waals surface area contributed by atoms with Crippen molar-refractivity contribution in [3.8, 4) is 0 Å². The molecule has 1 rings (SSSR count). The van der Waals surface area contributed by atoms with Crippen LogP contribution in [0.4, 0.5) is 0 Å². The predicted molar refractivity (Wildman–Crippen MR) is 59.6 cm³/mol. The summed E-state index contributed by atoms with van der Waals surface area (Å²) in [7, 11) is 2.10. The summed E-state index contributed by atoms with van der Waals surface area (Å²) in [6.07, 6.45) is 3.63. The third-order valence-electron chi connectivity index (χ3n) is 2.46. The minimum Gasteiger partial charge on any atom is -0.364 e. The predicted octanol–water partition coefficient (Wildman–Crippen LogP) is 3.23. The van der Waals surface area contributed by atoms with Gasteiger partial charge in [0, 0.05) is 12.6 Å². The second kappa shape index (κ2) is 4.80. The largest absolute Gasteiger partial charge is 0.364 e. The number of thiocarbonyl (C=S) groups is 1. The molecule has 0 aromatic carbocycles. The van der Waals surface area contributed by atoms with Gasteiger partial charge in [-0.1, -0.05) is 26.1 Å². The van der Waals surface area contributed by atoms with Crippen LogP contribution in [0.15, 0.2) is 0 Å². The van der Waals surface area contributed by atoms with E-state index in [4.69, 9.17) is 12.2 Å². The summed E-state index contributed by atoms with van der Waals surface area (Å²) in [6.45, 7) is 8.50. The number of nitrogens with zero attached hydrogens (tertiary/aromatic N) is 1. The Hall–Kier alpha value is -0.110. The van der Waals surface area contributed by atoms with Gasteiger partial charge in [-0.2, -0.15) is 0 Å². The standard InChI is InChI=1S/C8H15NS.C2H6/c1-8(2)6-4-5-7(10)9(8)3;1-2/h4-6H2,1-3H3;1-2H3. The van der Waals surface area contributed by atoms with Crippen molar-refractivity contribution in [2.75, 3.05) is 7.05 Å². The molecular weight excluding hydrogens is 166 g/mol. The maximum Gasteiger partial charge on any atom is 0.0781 e. The molecule has 12 heavy (non-hydrogen) atoms. The van der Waals surface area contributed by atoms with Crippen molar-refractivity contribution in [3.63, 3.8) is 0 Å². The van der Waals surface area contributed by atoms with Gasteiger partial charge < -0.3 is 4.90 Å². The van der Waals surface area contributed by atoms with Crippen LogP contribution in [0, 0.1) is 0 Å². The summed E-state index contributed by atoms with van der Waals surface area (Å²) in [5, 5.41) is 0. The van der Waals surface area contributed by atoms with Crippen LogP contribution in [0.5, 0.6) is 0 Å². The normalized spacial score (nSPS) is 21.4. The van der Waals surface area contributed by atoms with Crippen molar-refractivity contribution in [2.45, 2.75) is 52.5 Å². The molecule has 0 N–H and O–H groups in total. The van der Waals surface area contributed by atoms with E-state index in [0.717, 1.165) is 11.4 Å². The number of piperidine rings is 1. The second-order valence-electron chi connectivity index (χ2n) is 3.62. The minimum atomic E-state index is 0.301. The lowest BCUT2D eigenvalue weighted by atomic mass is 9.91. The van der Waals surface area contributed by atoms with Crippen molar-refractivity contribution in [3.05, 3.63) is 0 Å². The molecule has 0 saturated carbocycles. The van der Waals surface area contributed by atoms with E-state index in [1.807, 2.05) is 13.8 Å². The Bertz CT molecular complexity index is 152. The van der Waals surface area contributed by atoms with Crippen LogP contribution in [0.25, 0.3) is 0 Å². The van der Waals surface area contributed by atoms with E-state index in [1.54, 1.807) is 0 Å². The van der Waals surface area contributed by atoms with E-state index >= 15 is 0 Å². The molecule has 1 heterocycles. The van der Waals surface area contributed by atoms with E-state index in [2.05, 4.69) is 25.8 Å². The average molecular weight is 187 g/mol. The summed E-state index contributed by atoms with van der Waals surface area (Å²) in [5.74, 6) is 0. The zero-order valence-corrected chi connectivity index (χ0v) is 9.79. The molecule has 2 heteroatoms. The molecule has 0 unspecified atom stereocenters. The molecule has 0 amide bonds. The average Bonchev–Trinajstić information content (AvgIpc) is 2.04. The summed E-state index contributed by atoms with van der Waals surface area (Å²) in [5.41, 5.74) is 0.301. The smallest absolute Gasteiger partial charge is 0.0781 e. The first-order chi connectivity index (χ1) is 5.54. The topological polar surface area (TPSA) is 3.24 Å². The molecule has 0 aliphatic carbocycles. The van der Waals surface area contributed by atoms with Gasteiger partial charge in [0.15, 0.2) is 0 Å². The monoisotopic (exact) mass is 187 g/mol. The number of rotatable bonds is 0. The van der Waals surface area contributed by atoms with Crippen molar-refractivity contribution in [2.24, 2.45) is 0 Å². The third kappa shape index (κ3) is 2.74. The molecule has 0 bridgehead atoms. The number of hydrogen-bond donors (Lipinski definition) is 0. The summed E-state index contributed by atoms with van der Waals surface area (Å²) in [4.78, 5) is 3.35. The fraction of sp³-hybridized carbons (Fsp3) is 0.900. The minimum absolute atomic E-state index is 0.301. The van der Waals surface area contributed by atoms with Gasteiger partial charge in [-0.25, -0.2) is 0 Å². The highest BCUT2D eigenvalue weighted by Gasteiger charge is 2.28. The highest BCUT2D eigenvalue weighted by molar-refractivity contribution is 7.80.